The van der Waals surface area contributed by atoms with Gasteiger partial charge in [0.1, 0.15) is 0 Å². The maximum Gasteiger partial charge on any atom is 0.269 e. The molecule has 0 spiro atoms. The molecular weight excluding hydrogens is 368 g/mol. The Labute approximate surface area is 166 Å². The van der Waals surface area contributed by atoms with Gasteiger partial charge in [-0.15, -0.1) is 0 Å². The van der Waals surface area contributed by atoms with Crippen LogP contribution >= 0.6 is 0 Å². The van der Waals surface area contributed by atoms with E-state index in [9.17, 15) is 19.7 Å². The number of imide groups is 1. The summed E-state index contributed by atoms with van der Waals surface area (Å²) in [6.07, 6.45) is 1.65. The highest BCUT2D eigenvalue weighted by atomic mass is 16.6. The number of hydrogen-bond donors (Lipinski definition) is 0. The number of hydrogen-bond acceptors (Lipinski definition) is 4. The Morgan fingerprint density at radius 1 is 0.862 bits per heavy atom. The molecule has 1 aliphatic heterocycles. The largest absolute Gasteiger partial charge is 0.269 e. The molecule has 4 rings (SSSR count). The topological polar surface area (TPSA) is 80.5 Å². The first-order valence-electron chi connectivity index (χ1n) is 8.97. The maximum absolute atomic E-state index is 13.3. The van der Waals surface area contributed by atoms with Gasteiger partial charge in [0.2, 0.25) is 0 Å². The van der Waals surface area contributed by atoms with Crippen LogP contribution in [-0.4, -0.2) is 16.7 Å². The second kappa shape index (κ2) is 7.16. The molecule has 0 aromatic heterocycles. The average Bonchev–Trinajstić information content (AvgIpc) is 2.72. The van der Waals surface area contributed by atoms with E-state index < -0.39 is 10.8 Å². The summed E-state index contributed by atoms with van der Waals surface area (Å²) in [4.78, 5) is 37.9. The second-order valence-corrected chi connectivity index (χ2v) is 6.74. The molecule has 6 nitrogen and oxygen atoms in total. The Kier molecular flexibility index (Phi) is 4.52. The number of anilines is 1. The number of benzene rings is 3. The zero-order valence-electron chi connectivity index (χ0n) is 15.5. The summed E-state index contributed by atoms with van der Waals surface area (Å²) in [7, 11) is 0. The number of carbonyl (C=O) groups excluding carboxylic acids is 2. The first kappa shape index (κ1) is 18.3. The molecule has 142 valence electrons. The number of nitro benzene ring substituents is 1. The van der Waals surface area contributed by atoms with Crippen LogP contribution < -0.4 is 4.90 Å². The number of aryl methyl sites for hydroxylation is 1. The van der Waals surface area contributed by atoms with Crippen LogP contribution in [0.15, 0.2) is 72.8 Å². The van der Waals surface area contributed by atoms with Crippen molar-refractivity contribution >= 4 is 34.8 Å². The van der Waals surface area contributed by atoms with Crippen LogP contribution in [0.25, 0.3) is 11.6 Å². The molecular formula is C23H16N2O4. The third kappa shape index (κ3) is 3.32. The number of rotatable bonds is 3. The van der Waals surface area contributed by atoms with Crippen molar-refractivity contribution in [2.45, 2.75) is 6.92 Å². The summed E-state index contributed by atoms with van der Waals surface area (Å²) >= 11 is 0. The Morgan fingerprint density at radius 3 is 2.21 bits per heavy atom. The Morgan fingerprint density at radius 2 is 1.55 bits per heavy atom. The van der Waals surface area contributed by atoms with Crippen LogP contribution in [0.5, 0.6) is 0 Å². The summed E-state index contributed by atoms with van der Waals surface area (Å²) in [5, 5.41) is 10.9. The summed E-state index contributed by atoms with van der Waals surface area (Å²) in [5.41, 5.74) is 3.38. The third-order valence-corrected chi connectivity index (χ3v) is 4.76. The number of fused-ring (bicyclic) bond motifs is 1. The molecule has 0 unspecified atom stereocenters. The number of nitro groups is 1. The van der Waals surface area contributed by atoms with Crippen molar-refractivity contribution in [2.75, 3.05) is 4.90 Å². The normalized spacial score (nSPS) is 14.8. The maximum atomic E-state index is 13.3. The second-order valence-electron chi connectivity index (χ2n) is 6.74. The summed E-state index contributed by atoms with van der Waals surface area (Å²) in [5.74, 6) is -0.810. The van der Waals surface area contributed by atoms with Gasteiger partial charge in [-0.3, -0.25) is 19.7 Å². The van der Waals surface area contributed by atoms with Crippen LogP contribution in [0, 0.1) is 17.0 Å². The molecule has 1 aliphatic rings. The van der Waals surface area contributed by atoms with Crippen molar-refractivity contribution in [2.24, 2.45) is 0 Å². The van der Waals surface area contributed by atoms with Gasteiger partial charge in [0.25, 0.3) is 17.5 Å². The van der Waals surface area contributed by atoms with E-state index in [1.165, 1.54) is 17.0 Å². The van der Waals surface area contributed by atoms with E-state index in [2.05, 4.69) is 0 Å². The van der Waals surface area contributed by atoms with Crippen LogP contribution in [-0.2, 0) is 4.79 Å². The Balaban J connectivity index is 1.86. The lowest BCUT2D eigenvalue weighted by Gasteiger charge is -2.29. The molecule has 0 atom stereocenters. The van der Waals surface area contributed by atoms with Crippen LogP contribution in [0.3, 0.4) is 0 Å². The van der Waals surface area contributed by atoms with Crippen molar-refractivity contribution < 1.29 is 14.5 Å². The van der Waals surface area contributed by atoms with Gasteiger partial charge in [0.15, 0.2) is 0 Å². The zero-order valence-corrected chi connectivity index (χ0v) is 15.5. The van der Waals surface area contributed by atoms with Gasteiger partial charge < -0.3 is 0 Å². The van der Waals surface area contributed by atoms with E-state index in [0.29, 0.717) is 28.0 Å². The van der Waals surface area contributed by atoms with Crippen molar-refractivity contribution in [3.05, 3.63) is 105 Å². The van der Waals surface area contributed by atoms with E-state index in [4.69, 9.17) is 0 Å². The van der Waals surface area contributed by atoms with Gasteiger partial charge in [0.05, 0.1) is 10.6 Å². The molecule has 3 aromatic rings. The molecule has 0 saturated carbocycles. The van der Waals surface area contributed by atoms with E-state index >= 15 is 0 Å². The predicted molar refractivity (Wildman–Crippen MR) is 110 cm³/mol. The van der Waals surface area contributed by atoms with E-state index in [0.717, 1.165) is 5.56 Å². The smallest absolute Gasteiger partial charge is 0.268 e. The number of nitrogens with zero attached hydrogens (tertiary/aromatic N) is 2. The monoisotopic (exact) mass is 384 g/mol. The number of amides is 2. The lowest BCUT2D eigenvalue weighted by Crippen LogP contribution is -2.41. The molecule has 0 fully saturated rings. The van der Waals surface area contributed by atoms with Crippen molar-refractivity contribution in [3.8, 4) is 0 Å². The molecule has 3 aromatic carbocycles. The first-order chi connectivity index (χ1) is 14.0. The fourth-order valence-electron chi connectivity index (χ4n) is 3.35. The molecule has 1 heterocycles. The summed E-state index contributed by atoms with van der Waals surface area (Å²) < 4.78 is 0. The summed E-state index contributed by atoms with van der Waals surface area (Å²) in [6.45, 7) is 1.89. The van der Waals surface area contributed by atoms with Gasteiger partial charge in [0, 0.05) is 23.3 Å². The van der Waals surface area contributed by atoms with E-state index in [1.807, 2.05) is 13.0 Å². The zero-order chi connectivity index (χ0) is 20.5. The van der Waals surface area contributed by atoms with Gasteiger partial charge in [-0.2, -0.15) is 0 Å². The minimum absolute atomic E-state index is 0.0286. The highest BCUT2D eigenvalue weighted by Gasteiger charge is 2.35. The Bertz CT molecular complexity index is 1180. The van der Waals surface area contributed by atoms with Gasteiger partial charge in [-0.1, -0.05) is 30.3 Å². The molecule has 29 heavy (non-hydrogen) atoms. The summed E-state index contributed by atoms with van der Waals surface area (Å²) in [6, 6.07) is 20.1. The van der Waals surface area contributed by atoms with E-state index in [1.54, 1.807) is 60.7 Å². The highest BCUT2D eigenvalue weighted by Crippen LogP contribution is 2.33. The number of non-ortho nitro benzene ring substituents is 1. The van der Waals surface area contributed by atoms with Gasteiger partial charge in [-0.25, -0.2) is 4.90 Å². The molecule has 0 N–H and O–H groups in total. The molecule has 0 saturated heterocycles. The molecule has 0 bridgehead atoms. The van der Waals surface area contributed by atoms with Crippen LogP contribution in [0.4, 0.5) is 11.4 Å². The van der Waals surface area contributed by atoms with Gasteiger partial charge in [-0.05, 0) is 60.0 Å². The van der Waals surface area contributed by atoms with Crippen molar-refractivity contribution in [1.82, 2.24) is 0 Å². The Hall–Kier alpha value is -4.06. The standard InChI is InChI=1S/C23H16N2O4/c1-15-5-4-6-18(13-15)24-22(26)20-8-3-2-7-19(20)21(23(24)27)14-16-9-11-17(12-10-16)25(28)29/h2-14H,1H3/b21-14+. The third-order valence-electron chi connectivity index (χ3n) is 4.76. The average molecular weight is 384 g/mol. The molecule has 6 heteroatoms. The van der Waals surface area contributed by atoms with Crippen LogP contribution in [0.1, 0.15) is 27.0 Å². The quantitative estimate of drug-likeness (QED) is 0.285. The fraction of sp³-hybridized carbons (Fsp3) is 0.0435. The van der Waals surface area contributed by atoms with Crippen LogP contribution in [0.2, 0.25) is 0 Å². The minimum atomic E-state index is -0.476. The predicted octanol–water partition coefficient (Wildman–Crippen LogP) is 4.63. The molecule has 0 radical (unpaired) electrons. The van der Waals surface area contributed by atoms with Crippen molar-refractivity contribution in [1.29, 1.82) is 0 Å². The van der Waals surface area contributed by atoms with Crippen molar-refractivity contribution in [3.63, 3.8) is 0 Å². The lowest BCUT2D eigenvalue weighted by atomic mass is 9.91. The SMILES string of the molecule is Cc1cccc(N2C(=O)/C(=C/c3ccc([N+](=O)[O-])cc3)c3ccccc3C2=O)c1. The van der Waals surface area contributed by atoms with Gasteiger partial charge >= 0.3 is 0 Å². The minimum Gasteiger partial charge on any atom is -0.268 e. The molecule has 2 amide bonds. The first-order valence-corrected chi connectivity index (χ1v) is 8.97. The number of carbonyl (C=O) groups is 2. The fourth-order valence-corrected chi connectivity index (χ4v) is 3.35. The molecule has 0 aliphatic carbocycles. The highest BCUT2D eigenvalue weighted by molar-refractivity contribution is 6.43. The lowest BCUT2D eigenvalue weighted by molar-refractivity contribution is -0.384. The van der Waals surface area contributed by atoms with E-state index in [-0.39, 0.29) is 11.6 Å².